The molecule has 3 nitrogen and oxygen atoms in total. The highest BCUT2D eigenvalue weighted by Gasteiger charge is 2.02. The minimum atomic E-state index is 0.0206. The lowest BCUT2D eigenvalue weighted by atomic mass is 10.1. The Hall–Kier alpha value is -0.670. The molecule has 1 aromatic heterocycles. The number of halogens is 1. The second-order valence-electron chi connectivity index (χ2n) is 2.30. The minimum Gasteiger partial charge on any atom is -0.324 e. The van der Waals surface area contributed by atoms with Gasteiger partial charge >= 0.3 is 0 Å². The molecule has 0 amide bonds. The largest absolute Gasteiger partial charge is 0.324 e. The average Bonchev–Trinajstić information content (AvgIpc) is 2.05. The molecular weight excluding hydrogens is 162 g/mol. The minimum absolute atomic E-state index is 0.0206. The van der Waals surface area contributed by atoms with E-state index in [1.165, 1.54) is 0 Å². The fourth-order valence-electron chi connectivity index (χ4n) is 0.749. The lowest BCUT2D eigenvalue weighted by molar-refractivity contribution is 0.690. The molecule has 11 heavy (non-hydrogen) atoms. The highest BCUT2D eigenvalue weighted by Crippen LogP contribution is 2.11. The molecule has 4 heteroatoms. The van der Waals surface area contributed by atoms with Gasteiger partial charge in [-0.1, -0.05) is 6.92 Å². The number of rotatable bonds is 2. The lowest BCUT2D eigenvalue weighted by Gasteiger charge is -2.06. The summed E-state index contributed by atoms with van der Waals surface area (Å²) >= 11 is 5.50. The van der Waals surface area contributed by atoms with Crippen LogP contribution in [0.1, 0.15) is 24.9 Å². The zero-order chi connectivity index (χ0) is 8.27. The van der Waals surface area contributed by atoms with Gasteiger partial charge in [0.05, 0.1) is 0 Å². The molecule has 2 N–H and O–H groups in total. The van der Waals surface area contributed by atoms with E-state index < -0.39 is 0 Å². The van der Waals surface area contributed by atoms with Crippen LogP contribution in [0.2, 0.25) is 5.28 Å². The van der Waals surface area contributed by atoms with Crippen molar-refractivity contribution in [1.82, 2.24) is 9.97 Å². The van der Waals surface area contributed by atoms with Crippen molar-refractivity contribution in [1.29, 1.82) is 0 Å². The smallest absolute Gasteiger partial charge is 0.222 e. The summed E-state index contributed by atoms with van der Waals surface area (Å²) in [5.41, 5.74) is 6.65. The Morgan fingerprint density at radius 2 is 2.09 bits per heavy atom. The lowest BCUT2D eigenvalue weighted by Crippen LogP contribution is -2.09. The predicted molar refractivity (Wildman–Crippen MR) is 44.3 cm³/mol. The van der Waals surface area contributed by atoms with Crippen molar-refractivity contribution in [3.8, 4) is 0 Å². The zero-order valence-electron chi connectivity index (χ0n) is 6.29. The summed E-state index contributed by atoms with van der Waals surface area (Å²) in [4.78, 5) is 7.64. The number of nitrogens with two attached hydrogens (primary N) is 1. The Morgan fingerprint density at radius 3 is 2.55 bits per heavy atom. The van der Waals surface area contributed by atoms with Gasteiger partial charge in [0.15, 0.2) is 0 Å². The molecule has 60 valence electrons. The van der Waals surface area contributed by atoms with Gasteiger partial charge in [0.25, 0.3) is 0 Å². The van der Waals surface area contributed by atoms with Crippen molar-refractivity contribution in [2.45, 2.75) is 19.4 Å². The van der Waals surface area contributed by atoms with E-state index in [0.717, 1.165) is 12.0 Å². The summed E-state index contributed by atoms with van der Waals surface area (Å²) in [6, 6.07) is 0.0206. The van der Waals surface area contributed by atoms with E-state index in [9.17, 15) is 0 Å². The summed E-state index contributed by atoms with van der Waals surface area (Å²) in [5, 5.41) is 0.261. The fourth-order valence-corrected chi connectivity index (χ4v) is 0.847. The van der Waals surface area contributed by atoms with Crippen LogP contribution >= 0.6 is 11.6 Å². The molecule has 0 aliphatic heterocycles. The topological polar surface area (TPSA) is 51.8 Å². The second-order valence-corrected chi connectivity index (χ2v) is 2.64. The Kier molecular flexibility index (Phi) is 2.79. The van der Waals surface area contributed by atoms with Gasteiger partial charge in [0.2, 0.25) is 5.28 Å². The standard InChI is InChI=1S/C7H10ClN3/c1-2-6(9)5-3-10-7(8)11-4-5/h3-4,6H,2,9H2,1H3/t6-/m1/s1. The molecule has 0 spiro atoms. The first kappa shape index (κ1) is 8.43. The fraction of sp³-hybridized carbons (Fsp3) is 0.429. The van der Waals surface area contributed by atoms with E-state index in [1.54, 1.807) is 12.4 Å². The maximum Gasteiger partial charge on any atom is 0.222 e. The Morgan fingerprint density at radius 1 is 1.55 bits per heavy atom. The van der Waals surface area contributed by atoms with Gasteiger partial charge in [-0.05, 0) is 18.0 Å². The van der Waals surface area contributed by atoms with Crippen molar-refractivity contribution in [3.63, 3.8) is 0 Å². The van der Waals surface area contributed by atoms with Crippen LogP contribution in [0.15, 0.2) is 12.4 Å². The van der Waals surface area contributed by atoms with Crippen LogP contribution < -0.4 is 5.73 Å². The molecule has 0 fully saturated rings. The van der Waals surface area contributed by atoms with E-state index in [0.29, 0.717) is 0 Å². The van der Waals surface area contributed by atoms with E-state index >= 15 is 0 Å². The molecule has 0 saturated carbocycles. The van der Waals surface area contributed by atoms with Crippen molar-refractivity contribution >= 4 is 11.6 Å². The van der Waals surface area contributed by atoms with Gasteiger partial charge in [-0.2, -0.15) is 0 Å². The molecule has 0 unspecified atom stereocenters. The van der Waals surface area contributed by atoms with Gasteiger partial charge in [-0.15, -0.1) is 0 Å². The molecular formula is C7H10ClN3. The number of hydrogen-bond acceptors (Lipinski definition) is 3. The molecule has 0 saturated heterocycles. The SMILES string of the molecule is CC[C@@H](N)c1cnc(Cl)nc1. The van der Waals surface area contributed by atoms with E-state index in [2.05, 4.69) is 9.97 Å². The summed E-state index contributed by atoms with van der Waals surface area (Å²) in [5.74, 6) is 0. The van der Waals surface area contributed by atoms with Crippen LogP contribution in [0.4, 0.5) is 0 Å². The molecule has 1 rings (SSSR count). The Labute approximate surface area is 70.6 Å². The quantitative estimate of drug-likeness (QED) is 0.687. The van der Waals surface area contributed by atoms with Gasteiger partial charge < -0.3 is 5.73 Å². The summed E-state index contributed by atoms with van der Waals surface area (Å²) in [7, 11) is 0. The average molecular weight is 172 g/mol. The van der Waals surface area contributed by atoms with E-state index in [4.69, 9.17) is 17.3 Å². The molecule has 0 radical (unpaired) electrons. The molecule has 0 aliphatic carbocycles. The van der Waals surface area contributed by atoms with Crippen LogP contribution in [0.3, 0.4) is 0 Å². The Bertz CT molecular complexity index is 222. The van der Waals surface area contributed by atoms with Gasteiger partial charge in [0, 0.05) is 24.0 Å². The van der Waals surface area contributed by atoms with Crippen LogP contribution in [0, 0.1) is 0 Å². The monoisotopic (exact) mass is 171 g/mol. The molecule has 1 aromatic rings. The third-order valence-corrected chi connectivity index (χ3v) is 1.70. The van der Waals surface area contributed by atoms with Crippen LogP contribution in [-0.2, 0) is 0 Å². The van der Waals surface area contributed by atoms with Crippen molar-refractivity contribution < 1.29 is 0 Å². The Balaban J connectivity index is 2.81. The molecule has 1 atom stereocenters. The number of hydrogen-bond donors (Lipinski definition) is 1. The molecule has 0 aromatic carbocycles. The normalized spacial score (nSPS) is 13.0. The number of nitrogens with zero attached hydrogens (tertiary/aromatic N) is 2. The first-order valence-corrected chi connectivity index (χ1v) is 3.85. The maximum absolute atomic E-state index is 5.72. The first-order valence-electron chi connectivity index (χ1n) is 3.47. The third kappa shape index (κ3) is 2.13. The van der Waals surface area contributed by atoms with Gasteiger partial charge in [-0.3, -0.25) is 0 Å². The first-order chi connectivity index (χ1) is 5.24. The van der Waals surface area contributed by atoms with Crippen molar-refractivity contribution in [3.05, 3.63) is 23.2 Å². The summed E-state index contributed by atoms with van der Waals surface area (Å²) < 4.78 is 0. The highest BCUT2D eigenvalue weighted by molar-refractivity contribution is 6.28. The molecule has 1 heterocycles. The third-order valence-electron chi connectivity index (χ3n) is 1.51. The second kappa shape index (κ2) is 3.64. The van der Waals surface area contributed by atoms with Crippen LogP contribution in [-0.4, -0.2) is 9.97 Å². The van der Waals surface area contributed by atoms with Crippen LogP contribution in [0.25, 0.3) is 0 Å². The summed E-state index contributed by atoms with van der Waals surface area (Å²) in [6.07, 6.45) is 4.19. The molecule has 0 aliphatic rings. The van der Waals surface area contributed by atoms with Gasteiger partial charge in [-0.25, -0.2) is 9.97 Å². The van der Waals surface area contributed by atoms with Crippen molar-refractivity contribution in [2.24, 2.45) is 5.73 Å². The predicted octanol–water partition coefficient (Wildman–Crippen LogP) is 1.54. The van der Waals surface area contributed by atoms with E-state index in [-0.39, 0.29) is 11.3 Å². The van der Waals surface area contributed by atoms with Crippen LogP contribution in [0.5, 0.6) is 0 Å². The zero-order valence-corrected chi connectivity index (χ0v) is 7.04. The summed E-state index contributed by atoms with van der Waals surface area (Å²) in [6.45, 7) is 2.01. The maximum atomic E-state index is 5.72. The van der Waals surface area contributed by atoms with Crippen molar-refractivity contribution in [2.75, 3.05) is 0 Å². The number of aromatic nitrogens is 2. The van der Waals surface area contributed by atoms with Gasteiger partial charge in [0.1, 0.15) is 0 Å². The highest BCUT2D eigenvalue weighted by atomic mass is 35.5. The van der Waals surface area contributed by atoms with E-state index in [1.807, 2.05) is 6.92 Å². The molecule has 0 bridgehead atoms.